The van der Waals surface area contributed by atoms with Gasteiger partial charge in [0.1, 0.15) is 5.01 Å². The van der Waals surface area contributed by atoms with Crippen molar-refractivity contribution in [3.63, 3.8) is 0 Å². The number of nitrogens with one attached hydrogen (secondary N) is 1. The molecule has 0 radical (unpaired) electrons. The molecule has 1 aromatic heterocycles. The molecule has 0 spiro atoms. The molecule has 2 aromatic rings. The molecule has 2 rings (SSSR count). The van der Waals surface area contributed by atoms with Crippen LogP contribution in [0.1, 0.15) is 21.8 Å². The minimum atomic E-state index is -0.0167. The van der Waals surface area contributed by atoms with Crippen molar-refractivity contribution in [3.8, 4) is 0 Å². The van der Waals surface area contributed by atoms with Crippen LogP contribution in [0.3, 0.4) is 0 Å². The number of benzene rings is 1. The summed E-state index contributed by atoms with van der Waals surface area (Å²) in [5.74, 6) is 0.374. The van der Waals surface area contributed by atoms with Crippen LogP contribution >= 0.6 is 22.9 Å². The van der Waals surface area contributed by atoms with Gasteiger partial charge in [0.2, 0.25) is 5.91 Å². The Hall–Kier alpha value is -1.39. The molecule has 0 bridgehead atoms. The first kappa shape index (κ1) is 14.0. The Morgan fingerprint density at radius 1 is 1.47 bits per heavy atom. The maximum atomic E-state index is 11.8. The topological polar surface area (TPSA) is 42.0 Å². The Balaban J connectivity index is 1.84. The molecule has 0 aliphatic rings. The fourth-order valence-electron chi connectivity index (χ4n) is 1.71. The van der Waals surface area contributed by atoms with Gasteiger partial charge in [0.05, 0.1) is 18.0 Å². The number of carbonyl (C=O) groups excluding carboxylic acids is 1. The van der Waals surface area contributed by atoms with Gasteiger partial charge in [0, 0.05) is 11.9 Å². The SMILES string of the molecule is Cc1cccc(CNC(=O)Cc2nc(CCl)cs2)c1. The maximum Gasteiger partial charge on any atom is 0.227 e. The van der Waals surface area contributed by atoms with Crippen LogP contribution in [0, 0.1) is 6.92 Å². The van der Waals surface area contributed by atoms with Crippen molar-refractivity contribution < 1.29 is 4.79 Å². The van der Waals surface area contributed by atoms with E-state index < -0.39 is 0 Å². The van der Waals surface area contributed by atoms with E-state index in [2.05, 4.69) is 16.4 Å². The van der Waals surface area contributed by atoms with Gasteiger partial charge in [-0.15, -0.1) is 22.9 Å². The Kier molecular flexibility index (Phi) is 4.93. The zero-order chi connectivity index (χ0) is 13.7. The number of rotatable bonds is 5. The second-order valence-electron chi connectivity index (χ2n) is 4.31. The van der Waals surface area contributed by atoms with E-state index >= 15 is 0 Å². The highest BCUT2D eigenvalue weighted by atomic mass is 35.5. The minimum absolute atomic E-state index is 0.0167. The van der Waals surface area contributed by atoms with Gasteiger partial charge < -0.3 is 5.32 Å². The molecule has 0 atom stereocenters. The Morgan fingerprint density at radius 2 is 2.32 bits per heavy atom. The fraction of sp³-hybridized carbons (Fsp3) is 0.286. The summed E-state index contributed by atoms with van der Waals surface area (Å²) in [5.41, 5.74) is 3.13. The number of aromatic nitrogens is 1. The lowest BCUT2D eigenvalue weighted by Gasteiger charge is -2.05. The first-order valence-corrected chi connectivity index (χ1v) is 7.40. The normalized spacial score (nSPS) is 10.4. The van der Waals surface area contributed by atoms with Crippen LogP contribution in [0.5, 0.6) is 0 Å². The van der Waals surface area contributed by atoms with E-state index in [1.54, 1.807) is 0 Å². The number of hydrogen-bond acceptors (Lipinski definition) is 3. The summed E-state index contributed by atoms with van der Waals surface area (Å²) < 4.78 is 0. The van der Waals surface area contributed by atoms with Crippen LogP contribution in [0.2, 0.25) is 0 Å². The van der Waals surface area contributed by atoms with E-state index in [4.69, 9.17) is 11.6 Å². The molecule has 3 nitrogen and oxygen atoms in total. The molecule has 0 fully saturated rings. The van der Waals surface area contributed by atoms with Crippen LogP contribution in [-0.2, 0) is 23.6 Å². The summed E-state index contributed by atoms with van der Waals surface area (Å²) >= 11 is 7.15. The van der Waals surface area contributed by atoms with Crippen LogP contribution in [0.15, 0.2) is 29.6 Å². The molecule has 0 saturated heterocycles. The van der Waals surface area contributed by atoms with Gasteiger partial charge in [-0.2, -0.15) is 0 Å². The second kappa shape index (κ2) is 6.68. The highest BCUT2D eigenvalue weighted by Gasteiger charge is 2.07. The van der Waals surface area contributed by atoms with Crippen LogP contribution in [0.25, 0.3) is 0 Å². The molecule has 1 heterocycles. The van der Waals surface area contributed by atoms with Crippen LogP contribution < -0.4 is 5.32 Å². The van der Waals surface area contributed by atoms with E-state index in [9.17, 15) is 4.79 Å². The monoisotopic (exact) mass is 294 g/mol. The average molecular weight is 295 g/mol. The zero-order valence-electron chi connectivity index (χ0n) is 10.6. The molecule has 1 amide bonds. The van der Waals surface area contributed by atoms with E-state index in [1.807, 2.05) is 30.5 Å². The molecule has 19 heavy (non-hydrogen) atoms. The predicted molar refractivity (Wildman–Crippen MR) is 78.4 cm³/mol. The molecule has 5 heteroatoms. The summed E-state index contributed by atoms with van der Waals surface area (Å²) in [6, 6.07) is 8.09. The van der Waals surface area contributed by atoms with Crippen molar-refractivity contribution >= 4 is 28.8 Å². The average Bonchev–Trinajstić information content (AvgIpc) is 2.84. The van der Waals surface area contributed by atoms with Gasteiger partial charge in [0.25, 0.3) is 0 Å². The van der Waals surface area contributed by atoms with Gasteiger partial charge in [-0.3, -0.25) is 4.79 Å². The third-order valence-corrected chi connectivity index (χ3v) is 3.79. The number of nitrogens with zero attached hydrogens (tertiary/aromatic N) is 1. The number of aryl methyl sites for hydroxylation is 1. The van der Waals surface area contributed by atoms with E-state index in [0.29, 0.717) is 18.8 Å². The second-order valence-corrected chi connectivity index (χ2v) is 5.52. The van der Waals surface area contributed by atoms with Gasteiger partial charge >= 0.3 is 0 Å². The Labute approximate surface area is 121 Å². The molecule has 0 aliphatic heterocycles. The number of carbonyl (C=O) groups is 1. The summed E-state index contributed by atoms with van der Waals surface area (Å²) in [7, 11) is 0. The summed E-state index contributed by atoms with van der Waals surface area (Å²) in [4.78, 5) is 16.1. The molecule has 0 aliphatic carbocycles. The van der Waals surface area contributed by atoms with E-state index in [-0.39, 0.29) is 5.91 Å². The smallest absolute Gasteiger partial charge is 0.227 e. The molecular formula is C14H15ClN2OS. The fourth-order valence-corrected chi connectivity index (χ4v) is 2.73. The van der Waals surface area contributed by atoms with Gasteiger partial charge in [-0.05, 0) is 12.5 Å². The maximum absolute atomic E-state index is 11.8. The first-order valence-electron chi connectivity index (χ1n) is 5.99. The lowest BCUT2D eigenvalue weighted by molar-refractivity contribution is -0.120. The molecule has 0 saturated carbocycles. The lowest BCUT2D eigenvalue weighted by atomic mass is 10.1. The highest BCUT2D eigenvalue weighted by Crippen LogP contribution is 2.12. The molecule has 1 N–H and O–H groups in total. The van der Waals surface area contributed by atoms with Crippen molar-refractivity contribution in [2.24, 2.45) is 0 Å². The van der Waals surface area contributed by atoms with Gasteiger partial charge in [-0.1, -0.05) is 29.8 Å². The molecule has 0 unspecified atom stereocenters. The van der Waals surface area contributed by atoms with Crippen molar-refractivity contribution in [2.45, 2.75) is 25.8 Å². The number of amides is 1. The Bertz CT molecular complexity index is 568. The first-order chi connectivity index (χ1) is 9.17. The highest BCUT2D eigenvalue weighted by molar-refractivity contribution is 7.09. The summed E-state index contributed by atoms with van der Waals surface area (Å²) in [6.45, 7) is 2.59. The Morgan fingerprint density at radius 3 is 3.00 bits per heavy atom. The third-order valence-electron chi connectivity index (χ3n) is 2.62. The molecule has 1 aromatic carbocycles. The number of hydrogen-bond donors (Lipinski definition) is 1. The zero-order valence-corrected chi connectivity index (χ0v) is 12.2. The quantitative estimate of drug-likeness (QED) is 0.861. The number of alkyl halides is 1. The summed E-state index contributed by atoms with van der Waals surface area (Å²) in [6.07, 6.45) is 0.313. The minimum Gasteiger partial charge on any atom is -0.352 e. The third kappa shape index (κ3) is 4.33. The van der Waals surface area contributed by atoms with E-state index in [0.717, 1.165) is 16.3 Å². The largest absolute Gasteiger partial charge is 0.352 e. The van der Waals surface area contributed by atoms with Crippen LogP contribution in [-0.4, -0.2) is 10.9 Å². The van der Waals surface area contributed by atoms with Crippen LogP contribution in [0.4, 0.5) is 0 Å². The van der Waals surface area contributed by atoms with Crippen molar-refractivity contribution in [3.05, 3.63) is 51.5 Å². The van der Waals surface area contributed by atoms with Gasteiger partial charge in [0.15, 0.2) is 0 Å². The standard InChI is InChI=1S/C14H15ClN2OS/c1-10-3-2-4-11(5-10)8-16-13(18)6-14-17-12(7-15)9-19-14/h2-5,9H,6-8H2,1H3,(H,16,18). The number of halogens is 1. The van der Waals surface area contributed by atoms with Crippen molar-refractivity contribution in [2.75, 3.05) is 0 Å². The van der Waals surface area contributed by atoms with Crippen molar-refractivity contribution in [1.82, 2.24) is 10.3 Å². The predicted octanol–water partition coefficient (Wildman–Crippen LogP) is 3.05. The summed E-state index contributed by atoms with van der Waals surface area (Å²) in [5, 5.41) is 5.58. The molecule has 100 valence electrons. The van der Waals surface area contributed by atoms with Crippen molar-refractivity contribution in [1.29, 1.82) is 0 Å². The molecular weight excluding hydrogens is 280 g/mol. The van der Waals surface area contributed by atoms with Gasteiger partial charge in [-0.25, -0.2) is 4.98 Å². The lowest BCUT2D eigenvalue weighted by Crippen LogP contribution is -2.24. The van der Waals surface area contributed by atoms with E-state index in [1.165, 1.54) is 16.9 Å². The number of thiazole rings is 1.